The maximum absolute atomic E-state index is 13.0. The van der Waals surface area contributed by atoms with Gasteiger partial charge in [-0.15, -0.1) is 0 Å². The van der Waals surface area contributed by atoms with Gasteiger partial charge in [0.2, 0.25) is 21.8 Å². The lowest BCUT2D eigenvalue weighted by Gasteiger charge is -2.21. The molecule has 0 aromatic heterocycles. The Balaban J connectivity index is 2.13. The summed E-state index contributed by atoms with van der Waals surface area (Å²) in [7, 11) is -3.58. The van der Waals surface area contributed by atoms with Gasteiger partial charge in [0, 0.05) is 38.7 Å². The van der Waals surface area contributed by atoms with Gasteiger partial charge < -0.3 is 10.6 Å². The number of aryl methyl sites for hydroxylation is 1. The standard InChI is InChI=1S/C18H27N3O4S/c1-14-7-8-16(20-18(23)9-10-19-15(2)22)13-17(14)26(24,25)21-11-5-3-4-6-12-21/h7-8,13H,3-6,9-12H2,1-2H3,(H,19,22)(H,20,23). The summed E-state index contributed by atoms with van der Waals surface area (Å²) in [6.07, 6.45) is 3.97. The quantitative estimate of drug-likeness (QED) is 0.788. The molecule has 2 amide bonds. The number of amides is 2. The van der Waals surface area contributed by atoms with Crippen molar-refractivity contribution >= 4 is 27.5 Å². The maximum atomic E-state index is 13.0. The number of benzene rings is 1. The van der Waals surface area contributed by atoms with Crippen LogP contribution in [-0.4, -0.2) is 44.2 Å². The van der Waals surface area contributed by atoms with Crippen LogP contribution in [0.4, 0.5) is 5.69 Å². The second kappa shape index (κ2) is 9.14. The van der Waals surface area contributed by atoms with Gasteiger partial charge in [-0.25, -0.2) is 8.42 Å². The van der Waals surface area contributed by atoms with Crippen molar-refractivity contribution in [1.82, 2.24) is 9.62 Å². The van der Waals surface area contributed by atoms with Gasteiger partial charge in [-0.05, 0) is 37.5 Å². The van der Waals surface area contributed by atoms with E-state index < -0.39 is 10.0 Å². The van der Waals surface area contributed by atoms with Crippen molar-refractivity contribution in [2.75, 3.05) is 25.0 Å². The summed E-state index contributed by atoms with van der Waals surface area (Å²) in [5, 5.41) is 5.25. The number of hydrogen-bond donors (Lipinski definition) is 2. The summed E-state index contributed by atoms with van der Waals surface area (Å²) in [6, 6.07) is 4.91. The monoisotopic (exact) mass is 381 g/mol. The van der Waals surface area contributed by atoms with Crippen LogP contribution in [0.15, 0.2) is 23.1 Å². The van der Waals surface area contributed by atoms with E-state index in [-0.39, 0.29) is 29.7 Å². The Morgan fingerprint density at radius 1 is 1.12 bits per heavy atom. The van der Waals surface area contributed by atoms with Crippen LogP contribution in [-0.2, 0) is 19.6 Å². The molecule has 0 saturated carbocycles. The van der Waals surface area contributed by atoms with Crippen LogP contribution in [0.5, 0.6) is 0 Å². The van der Waals surface area contributed by atoms with Crippen molar-refractivity contribution in [2.24, 2.45) is 0 Å². The lowest BCUT2D eigenvalue weighted by Crippen LogP contribution is -2.32. The van der Waals surface area contributed by atoms with E-state index in [4.69, 9.17) is 0 Å². The third-order valence-electron chi connectivity index (χ3n) is 4.38. The summed E-state index contributed by atoms with van der Waals surface area (Å²) in [6.45, 7) is 4.46. The highest BCUT2D eigenvalue weighted by molar-refractivity contribution is 7.89. The highest BCUT2D eigenvalue weighted by Crippen LogP contribution is 2.25. The average molecular weight is 381 g/mol. The number of nitrogens with zero attached hydrogens (tertiary/aromatic N) is 1. The summed E-state index contributed by atoms with van der Waals surface area (Å²) in [5.74, 6) is -0.473. The first kappa shape index (κ1) is 20.4. The Hall–Kier alpha value is -1.93. The van der Waals surface area contributed by atoms with Crippen LogP contribution in [0.1, 0.15) is 44.6 Å². The Morgan fingerprint density at radius 3 is 2.38 bits per heavy atom. The number of anilines is 1. The van der Waals surface area contributed by atoms with E-state index >= 15 is 0 Å². The zero-order valence-corrected chi connectivity index (χ0v) is 16.2. The Bertz CT molecular complexity index is 754. The molecule has 7 nitrogen and oxygen atoms in total. The van der Waals surface area contributed by atoms with Gasteiger partial charge >= 0.3 is 0 Å². The summed E-state index contributed by atoms with van der Waals surface area (Å²) in [5.41, 5.74) is 1.10. The van der Waals surface area contributed by atoms with Gasteiger partial charge in [0.05, 0.1) is 4.90 Å². The van der Waals surface area contributed by atoms with Crippen molar-refractivity contribution in [1.29, 1.82) is 0 Å². The summed E-state index contributed by atoms with van der Waals surface area (Å²) >= 11 is 0. The lowest BCUT2D eigenvalue weighted by molar-refractivity contribution is -0.119. The van der Waals surface area contributed by atoms with Crippen LogP contribution in [0.25, 0.3) is 0 Å². The van der Waals surface area contributed by atoms with Crippen LogP contribution < -0.4 is 10.6 Å². The van der Waals surface area contributed by atoms with E-state index in [0.29, 0.717) is 24.3 Å². The second-order valence-corrected chi connectivity index (χ2v) is 8.49. The smallest absolute Gasteiger partial charge is 0.243 e. The van der Waals surface area contributed by atoms with E-state index in [1.54, 1.807) is 23.4 Å². The van der Waals surface area contributed by atoms with E-state index in [9.17, 15) is 18.0 Å². The van der Waals surface area contributed by atoms with Crippen LogP contribution >= 0.6 is 0 Å². The van der Waals surface area contributed by atoms with Gasteiger partial charge in [-0.2, -0.15) is 4.31 Å². The SMILES string of the molecule is CC(=O)NCCC(=O)Nc1ccc(C)c(S(=O)(=O)N2CCCCCC2)c1. The minimum atomic E-state index is -3.58. The van der Waals surface area contributed by atoms with Crippen LogP contribution in [0.3, 0.4) is 0 Å². The highest BCUT2D eigenvalue weighted by atomic mass is 32.2. The van der Waals surface area contributed by atoms with E-state index in [0.717, 1.165) is 25.7 Å². The molecule has 0 atom stereocenters. The molecule has 0 bridgehead atoms. The predicted molar refractivity (Wildman–Crippen MR) is 100 cm³/mol. The molecule has 1 aliphatic rings. The molecule has 8 heteroatoms. The minimum Gasteiger partial charge on any atom is -0.356 e. The Labute approximate surface area is 155 Å². The molecule has 1 heterocycles. The number of rotatable bonds is 6. The molecule has 2 N–H and O–H groups in total. The van der Waals surface area contributed by atoms with Gasteiger partial charge in [0.25, 0.3) is 0 Å². The fourth-order valence-corrected chi connectivity index (χ4v) is 4.72. The first-order chi connectivity index (χ1) is 12.3. The van der Waals surface area contributed by atoms with Crippen LogP contribution in [0, 0.1) is 6.92 Å². The normalized spacial score (nSPS) is 15.9. The number of carbonyl (C=O) groups excluding carboxylic acids is 2. The molecule has 26 heavy (non-hydrogen) atoms. The molecule has 2 rings (SSSR count). The summed E-state index contributed by atoms with van der Waals surface area (Å²) < 4.78 is 27.6. The molecule has 0 spiro atoms. The molecular formula is C18H27N3O4S. The first-order valence-electron chi connectivity index (χ1n) is 8.96. The number of sulfonamides is 1. The number of carbonyl (C=O) groups is 2. The van der Waals surface area contributed by atoms with Gasteiger partial charge in [0.15, 0.2) is 0 Å². The highest BCUT2D eigenvalue weighted by Gasteiger charge is 2.27. The van der Waals surface area contributed by atoms with Gasteiger partial charge in [-0.3, -0.25) is 9.59 Å². The maximum Gasteiger partial charge on any atom is 0.243 e. The summed E-state index contributed by atoms with van der Waals surface area (Å²) in [4.78, 5) is 23.0. The van der Waals surface area contributed by atoms with Crippen molar-refractivity contribution < 1.29 is 18.0 Å². The topological polar surface area (TPSA) is 95.6 Å². The van der Waals surface area contributed by atoms with E-state index in [1.807, 2.05) is 0 Å². The third kappa shape index (κ3) is 5.54. The molecule has 1 saturated heterocycles. The van der Waals surface area contributed by atoms with Crippen molar-refractivity contribution in [3.63, 3.8) is 0 Å². The molecule has 1 aromatic carbocycles. The van der Waals surface area contributed by atoms with Gasteiger partial charge in [-0.1, -0.05) is 18.9 Å². The molecule has 144 valence electrons. The van der Waals surface area contributed by atoms with Crippen molar-refractivity contribution in [2.45, 2.75) is 50.8 Å². The first-order valence-corrected chi connectivity index (χ1v) is 10.4. The second-order valence-electron chi connectivity index (χ2n) is 6.58. The zero-order chi connectivity index (χ0) is 19.2. The largest absolute Gasteiger partial charge is 0.356 e. The van der Waals surface area contributed by atoms with E-state index in [1.165, 1.54) is 13.0 Å². The molecule has 1 aliphatic heterocycles. The number of hydrogen-bond acceptors (Lipinski definition) is 4. The van der Waals surface area contributed by atoms with Gasteiger partial charge in [0.1, 0.15) is 0 Å². The molecule has 0 radical (unpaired) electrons. The lowest BCUT2D eigenvalue weighted by atomic mass is 10.2. The van der Waals surface area contributed by atoms with Crippen molar-refractivity contribution in [3.05, 3.63) is 23.8 Å². The molecule has 0 aliphatic carbocycles. The molecule has 1 aromatic rings. The van der Waals surface area contributed by atoms with Crippen molar-refractivity contribution in [3.8, 4) is 0 Å². The fourth-order valence-electron chi connectivity index (χ4n) is 2.95. The zero-order valence-electron chi connectivity index (χ0n) is 15.4. The minimum absolute atomic E-state index is 0.127. The Kier molecular flexibility index (Phi) is 7.16. The van der Waals surface area contributed by atoms with E-state index in [2.05, 4.69) is 10.6 Å². The third-order valence-corrected chi connectivity index (χ3v) is 6.42. The molecule has 0 unspecified atom stereocenters. The molecule has 1 fully saturated rings. The molecular weight excluding hydrogens is 354 g/mol. The predicted octanol–water partition coefficient (Wildman–Crippen LogP) is 2.02. The number of nitrogens with one attached hydrogen (secondary N) is 2. The fraction of sp³-hybridized carbons (Fsp3) is 0.556. The Morgan fingerprint density at radius 2 is 1.77 bits per heavy atom. The van der Waals surface area contributed by atoms with Crippen LogP contribution in [0.2, 0.25) is 0 Å². The average Bonchev–Trinajstić information content (AvgIpc) is 2.86.